The van der Waals surface area contributed by atoms with Crippen molar-refractivity contribution in [2.75, 3.05) is 13.2 Å². The van der Waals surface area contributed by atoms with E-state index in [1.165, 1.54) is 270 Å². The van der Waals surface area contributed by atoms with Crippen molar-refractivity contribution in [2.45, 2.75) is 347 Å². The molecule has 0 fully saturated rings. The van der Waals surface area contributed by atoms with Crippen molar-refractivity contribution in [2.24, 2.45) is 0 Å². The first-order chi connectivity index (χ1) is 34.1. The lowest BCUT2D eigenvalue weighted by molar-refractivity contribution is -0.161. The van der Waals surface area contributed by atoms with Gasteiger partial charge in [0.2, 0.25) is 0 Å². The number of aliphatic hydroxyl groups excluding tert-OH is 1. The van der Waals surface area contributed by atoms with Crippen molar-refractivity contribution in [1.82, 2.24) is 0 Å². The van der Waals surface area contributed by atoms with Crippen molar-refractivity contribution in [3.8, 4) is 0 Å². The SMILES string of the molecule is CCCCCCC/C=C\C/C=C\C/C=C\CCCCCCCCCCCCCCCCCCCCCCCCCCCCC(=O)OC(CO)COC(=O)CCCCCCCCCCCCCCCC. The molecule has 0 aliphatic rings. The van der Waals surface area contributed by atoms with E-state index >= 15 is 0 Å². The highest BCUT2D eigenvalue weighted by atomic mass is 16.6. The third-order valence-corrected chi connectivity index (χ3v) is 14.2. The van der Waals surface area contributed by atoms with Crippen LogP contribution in [0.5, 0.6) is 0 Å². The third-order valence-electron chi connectivity index (χ3n) is 14.2. The maximum atomic E-state index is 12.3. The normalized spacial score (nSPS) is 12.3. The predicted octanol–water partition coefficient (Wildman–Crippen LogP) is 21.0. The van der Waals surface area contributed by atoms with E-state index in [2.05, 4.69) is 50.3 Å². The summed E-state index contributed by atoms with van der Waals surface area (Å²) in [6.45, 7) is 4.17. The number of rotatable bonds is 58. The zero-order valence-corrected chi connectivity index (χ0v) is 46.6. The molecule has 0 amide bonds. The monoisotopic (exact) mass is 969 g/mol. The first-order valence-corrected chi connectivity index (χ1v) is 31.0. The fraction of sp³-hybridized carbons (Fsp3) is 0.875. The van der Waals surface area contributed by atoms with Crippen molar-refractivity contribution in [1.29, 1.82) is 0 Å². The molecule has 0 aliphatic carbocycles. The molecule has 0 saturated heterocycles. The van der Waals surface area contributed by atoms with E-state index in [1.54, 1.807) is 0 Å². The van der Waals surface area contributed by atoms with E-state index in [0.29, 0.717) is 12.8 Å². The fourth-order valence-corrected chi connectivity index (χ4v) is 9.51. The Labute approximate surface area is 431 Å². The van der Waals surface area contributed by atoms with Gasteiger partial charge >= 0.3 is 11.9 Å². The zero-order valence-electron chi connectivity index (χ0n) is 46.6. The Bertz CT molecular complexity index is 1100. The number of ether oxygens (including phenoxy) is 2. The Hall–Kier alpha value is -1.88. The van der Waals surface area contributed by atoms with Crippen LogP contribution in [0.15, 0.2) is 36.5 Å². The van der Waals surface area contributed by atoms with Gasteiger partial charge < -0.3 is 14.6 Å². The smallest absolute Gasteiger partial charge is 0.306 e. The molecule has 0 aliphatic heterocycles. The lowest BCUT2D eigenvalue weighted by Gasteiger charge is -2.15. The number of allylic oxidation sites excluding steroid dienone is 6. The minimum atomic E-state index is -0.766. The Morgan fingerprint density at radius 2 is 0.580 bits per heavy atom. The molecular weight excluding hydrogens is 849 g/mol. The zero-order chi connectivity index (χ0) is 49.9. The predicted molar refractivity (Wildman–Crippen MR) is 302 cm³/mol. The summed E-state index contributed by atoms with van der Waals surface area (Å²) in [6.07, 6.45) is 78.8. The lowest BCUT2D eigenvalue weighted by Crippen LogP contribution is -2.28. The molecule has 0 radical (unpaired) electrons. The highest BCUT2D eigenvalue weighted by molar-refractivity contribution is 5.70. The van der Waals surface area contributed by atoms with Crippen LogP contribution in [0, 0.1) is 0 Å². The molecule has 0 bridgehead atoms. The summed E-state index contributed by atoms with van der Waals surface area (Å²) in [5.41, 5.74) is 0. The van der Waals surface area contributed by atoms with Gasteiger partial charge in [0.05, 0.1) is 6.61 Å². The Balaban J connectivity index is 3.36. The summed E-state index contributed by atoms with van der Waals surface area (Å²) in [7, 11) is 0. The second kappa shape index (κ2) is 60.4. The molecule has 1 N–H and O–H groups in total. The van der Waals surface area contributed by atoms with Crippen molar-refractivity contribution in [3.63, 3.8) is 0 Å². The van der Waals surface area contributed by atoms with Crippen molar-refractivity contribution < 1.29 is 24.2 Å². The number of hydrogen-bond donors (Lipinski definition) is 1. The van der Waals surface area contributed by atoms with E-state index in [0.717, 1.165) is 44.9 Å². The molecule has 0 spiro atoms. The molecule has 0 aromatic heterocycles. The second-order valence-corrected chi connectivity index (χ2v) is 21.1. The van der Waals surface area contributed by atoms with E-state index in [9.17, 15) is 14.7 Å². The number of carbonyl (C=O) groups is 2. The highest BCUT2D eigenvalue weighted by Gasteiger charge is 2.16. The fourth-order valence-electron chi connectivity index (χ4n) is 9.51. The minimum absolute atomic E-state index is 0.0584. The van der Waals surface area contributed by atoms with Gasteiger partial charge in [-0.2, -0.15) is 0 Å². The quantitative estimate of drug-likeness (QED) is 0.0373. The molecule has 5 nitrogen and oxygen atoms in total. The van der Waals surface area contributed by atoms with Gasteiger partial charge in [0.15, 0.2) is 6.10 Å². The molecule has 0 rings (SSSR count). The van der Waals surface area contributed by atoms with Crippen molar-refractivity contribution in [3.05, 3.63) is 36.5 Å². The molecule has 0 aromatic rings. The first-order valence-electron chi connectivity index (χ1n) is 31.0. The van der Waals surface area contributed by atoms with Crippen LogP contribution in [0.2, 0.25) is 0 Å². The molecule has 0 heterocycles. The summed E-state index contributed by atoms with van der Waals surface area (Å²) in [6, 6.07) is 0. The van der Waals surface area contributed by atoms with Crippen molar-refractivity contribution >= 4 is 11.9 Å². The highest BCUT2D eigenvalue weighted by Crippen LogP contribution is 2.18. The van der Waals surface area contributed by atoms with Gasteiger partial charge in [-0.05, 0) is 51.4 Å². The Kier molecular flexibility index (Phi) is 58.8. The molecule has 1 atom stereocenters. The molecule has 5 heteroatoms. The number of aliphatic hydroxyl groups is 1. The van der Waals surface area contributed by atoms with Gasteiger partial charge in [0.1, 0.15) is 6.61 Å². The van der Waals surface area contributed by atoms with E-state index in [4.69, 9.17) is 9.47 Å². The van der Waals surface area contributed by atoms with Gasteiger partial charge in [-0.1, -0.05) is 314 Å². The maximum absolute atomic E-state index is 12.3. The van der Waals surface area contributed by atoms with Gasteiger partial charge in [-0.25, -0.2) is 0 Å². The number of unbranched alkanes of at least 4 members (excludes halogenated alkanes) is 44. The molecule has 0 saturated carbocycles. The molecule has 69 heavy (non-hydrogen) atoms. The number of carbonyl (C=O) groups excluding carboxylic acids is 2. The summed E-state index contributed by atoms with van der Waals surface area (Å²) < 4.78 is 10.7. The minimum Gasteiger partial charge on any atom is -0.462 e. The van der Waals surface area contributed by atoms with Crippen LogP contribution >= 0.6 is 0 Å². The summed E-state index contributed by atoms with van der Waals surface area (Å²) in [5, 5.41) is 9.64. The van der Waals surface area contributed by atoms with Crippen LogP contribution < -0.4 is 0 Å². The average molecular weight is 970 g/mol. The van der Waals surface area contributed by atoms with E-state index in [1.807, 2.05) is 0 Å². The second-order valence-electron chi connectivity index (χ2n) is 21.1. The van der Waals surface area contributed by atoms with Gasteiger partial charge in [0, 0.05) is 12.8 Å². The summed E-state index contributed by atoms with van der Waals surface area (Å²) in [5.74, 6) is -0.570. The van der Waals surface area contributed by atoms with E-state index < -0.39 is 6.10 Å². The van der Waals surface area contributed by atoms with Gasteiger partial charge in [0.25, 0.3) is 0 Å². The van der Waals surface area contributed by atoms with Crippen LogP contribution in [-0.2, 0) is 19.1 Å². The van der Waals surface area contributed by atoms with E-state index in [-0.39, 0.29) is 25.2 Å². The van der Waals surface area contributed by atoms with Crippen LogP contribution in [0.1, 0.15) is 341 Å². The standard InChI is InChI=1S/C64H120O5/c1-3-5-7-9-11-13-15-17-19-20-21-22-23-24-25-26-27-28-29-30-31-32-33-34-35-36-37-38-39-40-41-42-43-44-45-47-49-51-53-55-57-59-64(67)69-62(60-65)61-68-63(66)58-56-54-52-50-48-46-18-16-14-12-10-8-6-4-2/h15,17,20-21,23-24,62,65H,3-14,16,18-19,22,25-61H2,1-2H3/b17-15-,21-20-,24-23-. The molecular formula is C64H120O5. The Morgan fingerprint density at radius 1 is 0.333 bits per heavy atom. The third kappa shape index (κ3) is 58.6. The number of esters is 2. The average Bonchev–Trinajstić information content (AvgIpc) is 3.35. The number of hydrogen-bond acceptors (Lipinski definition) is 5. The van der Waals surface area contributed by atoms with Crippen LogP contribution in [0.3, 0.4) is 0 Å². The first kappa shape index (κ1) is 67.1. The maximum Gasteiger partial charge on any atom is 0.306 e. The molecule has 1 unspecified atom stereocenters. The van der Waals surface area contributed by atoms with Gasteiger partial charge in [-0.15, -0.1) is 0 Å². The lowest BCUT2D eigenvalue weighted by atomic mass is 10.0. The van der Waals surface area contributed by atoms with Crippen LogP contribution in [0.4, 0.5) is 0 Å². The van der Waals surface area contributed by atoms with Crippen LogP contribution in [-0.4, -0.2) is 36.4 Å². The molecule has 0 aromatic carbocycles. The largest absolute Gasteiger partial charge is 0.462 e. The Morgan fingerprint density at radius 3 is 0.870 bits per heavy atom. The molecule has 406 valence electrons. The van der Waals surface area contributed by atoms with Crippen LogP contribution in [0.25, 0.3) is 0 Å². The van der Waals surface area contributed by atoms with Gasteiger partial charge in [-0.3, -0.25) is 9.59 Å². The topological polar surface area (TPSA) is 72.8 Å². The summed E-state index contributed by atoms with van der Waals surface area (Å²) >= 11 is 0. The summed E-state index contributed by atoms with van der Waals surface area (Å²) in [4.78, 5) is 24.5.